The van der Waals surface area contributed by atoms with Gasteiger partial charge in [-0.2, -0.15) is 0 Å². The van der Waals surface area contributed by atoms with Gasteiger partial charge in [0.2, 0.25) is 5.91 Å². The van der Waals surface area contributed by atoms with Gasteiger partial charge in [0.05, 0.1) is 6.10 Å². The lowest BCUT2D eigenvalue weighted by molar-refractivity contribution is -0.180. The first-order valence-corrected chi connectivity index (χ1v) is 8.64. The van der Waals surface area contributed by atoms with Gasteiger partial charge in [-0.05, 0) is 12.8 Å². The van der Waals surface area contributed by atoms with E-state index in [1.54, 1.807) is 0 Å². The van der Waals surface area contributed by atoms with Crippen molar-refractivity contribution in [2.75, 3.05) is 39.3 Å². The minimum Gasteiger partial charge on any atom is -0.378 e. The third kappa shape index (κ3) is 3.03. The number of hydrogen-bond donors (Lipinski definition) is 1. The Morgan fingerprint density at radius 3 is 2.32 bits per heavy atom. The zero-order valence-corrected chi connectivity index (χ0v) is 14.9. The number of amides is 1. The summed E-state index contributed by atoms with van der Waals surface area (Å²) in [5.41, 5.74) is 5.44. The number of hydrogen-bond acceptors (Lipinski definition) is 4. The highest BCUT2D eigenvalue weighted by atomic mass is 16.5. The third-order valence-electron chi connectivity index (χ3n) is 5.49. The number of carbonyl (C=O) groups excluding carboxylic acids is 1. The quantitative estimate of drug-likeness (QED) is 0.832. The van der Waals surface area contributed by atoms with E-state index in [0.29, 0.717) is 18.9 Å². The van der Waals surface area contributed by atoms with Crippen LogP contribution in [0.4, 0.5) is 0 Å². The van der Waals surface area contributed by atoms with Crippen LogP contribution in [0, 0.1) is 11.3 Å². The predicted octanol–water partition coefficient (Wildman–Crippen LogP) is 1.32. The highest BCUT2D eigenvalue weighted by Gasteiger charge is 2.63. The second kappa shape index (κ2) is 6.46. The molecule has 22 heavy (non-hydrogen) atoms. The number of carbonyl (C=O) groups is 1. The molecule has 2 unspecified atom stereocenters. The van der Waals surface area contributed by atoms with Gasteiger partial charge in [0.1, 0.15) is 5.54 Å². The molecule has 0 bridgehead atoms. The van der Waals surface area contributed by atoms with Crippen molar-refractivity contribution >= 4 is 5.91 Å². The van der Waals surface area contributed by atoms with Crippen LogP contribution in [-0.2, 0) is 9.53 Å². The lowest BCUT2D eigenvalue weighted by Gasteiger charge is -2.59. The van der Waals surface area contributed by atoms with Crippen molar-refractivity contribution in [1.82, 2.24) is 9.80 Å². The van der Waals surface area contributed by atoms with Gasteiger partial charge in [0.25, 0.3) is 0 Å². The molecule has 1 amide bonds. The molecule has 5 heteroatoms. The van der Waals surface area contributed by atoms with Gasteiger partial charge >= 0.3 is 0 Å². The van der Waals surface area contributed by atoms with E-state index in [9.17, 15) is 4.79 Å². The van der Waals surface area contributed by atoms with E-state index in [2.05, 4.69) is 32.6 Å². The fourth-order valence-electron chi connectivity index (χ4n) is 3.73. The Kier molecular flexibility index (Phi) is 5.20. The molecule has 1 heterocycles. The summed E-state index contributed by atoms with van der Waals surface area (Å²) in [6, 6.07) is 0. The van der Waals surface area contributed by atoms with Gasteiger partial charge in [-0.25, -0.2) is 0 Å². The van der Waals surface area contributed by atoms with E-state index >= 15 is 0 Å². The molecule has 2 aliphatic rings. The first-order valence-electron chi connectivity index (χ1n) is 8.64. The molecule has 2 N–H and O–H groups in total. The molecular weight excluding hydrogens is 278 g/mol. The lowest BCUT2D eigenvalue weighted by Crippen LogP contribution is -2.76. The van der Waals surface area contributed by atoms with Crippen LogP contribution in [0.3, 0.4) is 0 Å². The van der Waals surface area contributed by atoms with Crippen molar-refractivity contribution in [3.63, 3.8) is 0 Å². The summed E-state index contributed by atoms with van der Waals surface area (Å²) in [6.07, 6.45) is 0.729. The second-order valence-electron chi connectivity index (χ2n) is 7.83. The zero-order chi connectivity index (χ0) is 16.5. The first-order chi connectivity index (χ1) is 10.2. The Labute approximate surface area is 135 Å². The maximum absolute atomic E-state index is 12.9. The predicted molar refractivity (Wildman–Crippen MR) is 88.6 cm³/mol. The molecule has 1 saturated carbocycles. The van der Waals surface area contributed by atoms with Crippen molar-refractivity contribution in [2.24, 2.45) is 17.1 Å². The van der Waals surface area contributed by atoms with Crippen LogP contribution in [0.25, 0.3) is 0 Å². The topological polar surface area (TPSA) is 58.8 Å². The van der Waals surface area contributed by atoms with Gasteiger partial charge < -0.3 is 15.4 Å². The Morgan fingerprint density at radius 2 is 1.86 bits per heavy atom. The Hall–Kier alpha value is -0.650. The minimum atomic E-state index is -0.771. The molecule has 0 aromatic rings. The standard InChI is InChI=1S/C17H33N3O2/c1-6-22-14-11-17(18,16(14,4)5)15(21)20-9-7-19(8-10-20)12-13(2)3/h13-14H,6-12,18H2,1-5H3. The minimum absolute atomic E-state index is 0.0914. The van der Waals surface area contributed by atoms with Crippen molar-refractivity contribution in [3.05, 3.63) is 0 Å². The molecule has 1 aliphatic heterocycles. The fraction of sp³-hybridized carbons (Fsp3) is 0.941. The van der Waals surface area contributed by atoms with Crippen molar-refractivity contribution in [1.29, 1.82) is 0 Å². The van der Waals surface area contributed by atoms with E-state index in [-0.39, 0.29) is 17.4 Å². The van der Waals surface area contributed by atoms with Gasteiger partial charge in [-0.15, -0.1) is 0 Å². The summed E-state index contributed by atoms with van der Waals surface area (Å²) in [5.74, 6) is 0.776. The van der Waals surface area contributed by atoms with Crippen LogP contribution in [0.5, 0.6) is 0 Å². The maximum Gasteiger partial charge on any atom is 0.243 e. The van der Waals surface area contributed by atoms with Crippen molar-refractivity contribution in [3.8, 4) is 0 Å². The van der Waals surface area contributed by atoms with E-state index in [4.69, 9.17) is 10.5 Å². The molecule has 5 nitrogen and oxygen atoms in total. The molecule has 0 radical (unpaired) electrons. The molecule has 2 fully saturated rings. The lowest BCUT2D eigenvalue weighted by atomic mass is 9.54. The second-order valence-corrected chi connectivity index (χ2v) is 7.83. The molecule has 0 aromatic carbocycles. The average Bonchev–Trinajstić information content (AvgIpc) is 2.46. The largest absolute Gasteiger partial charge is 0.378 e. The smallest absolute Gasteiger partial charge is 0.243 e. The molecule has 2 atom stereocenters. The normalized spacial score (nSPS) is 32.1. The fourth-order valence-corrected chi connectivity index (χ4v) is 3.73. The molecule has 128 valence electrons. The van der Waals surface area contributed by atoms with E-state index in [1.165, 1.54) is 0 Å². The van der Waals surface area contributed by atoms with E-state index < -0.39 is 5.54 Å². The SMILES string of the molecule is CCOC1CC(N)(C(=O)N2CCN(CC(C)C)CC2)C1(C)C. The number of nitrogens with two attached hydrogens (primary N) is 1. The van der Waals surface area contributed by atoms with Crippen LogP contribution in [-0.4, -0.2) is 66.7 Å². The number of rotatable bonds is 5. The van der Waals surface area contributed by atoms with Crippen LogP contribution in [0.1, 0.15) is 41.0 Å². The third-order valence-corrected chi connectivity index (χ3v) is 5.49. The Balaban J connectivity index is 1.93. The van der Waals surface area contributed by atoms with Crippen LogP contribution >= 0.6 is 0 Å². The number of ether oxygens (including phenoxy) is 1. The summed E-state index contributed by atoms with van der Waals surface area (Å²) in [6.45, 7) is 15.8. The van der Waals surface area contributed by atoms with Crippen LogP contribution in [0.15, 0.2) is 0 Å². The molecule has 1 aliphatic carbocycles. The summed E-state index contributed by atoms with van der Waals surface area (Å²) in [7, 11) is 0. The molecule has 0 aromatic heterocycles. The number of piperazine rings is 1. The zero-order valence-electron chi connectivity index (χ0n) is 14.9. The number of nitrogens with zero attached hydrogens (tertiary/aromatic N) is 2. The molecule has 1 saturated heterocycles. The van der Waals surface area contributed by atoms with Gasteiger partial charge in [-0.3, -0.25) is 9.69 Å². The van der Waals surface area contributed by atoms with Gasteiger partial charge in [0.15, 0.2) is 0 Å². The summed E-state index contributed by atoms with van der Waals surface area (Å²) in [5, 5.41) is 0. The van der Waals surface area contributed by atoms with Gasteiger partial charge in [0, 0.05) is 51.2 Å². The van der Waals surface area contributed by atoms with Crippen LogP contribution in [0.2, 0.25) is 0 Å². The summed E-state index contributed by atoms with van der Waals surface area (Å²) in [4.78, 5) is 17.3. The first kappa shape index (κ1) is 17.7. The van der Waals surface area contributed by atoms with Crippen molar-refractivity contribution < 1.29 is 9.53 Å². The highest BCUT2D eigenvalue weighted by molar-refractivity contribution is 5.89. The Bertz CT molecular complexity index is 403. The van der Waals surface area contributed by atoms with E-state index in [0.717, 1.165) is 32.7 Å². The monoisotopic (exact) mass is 311 g/mol. The summed E-state index contributed by atoms with van der Waals surface area (Å²) >= 11 is 0. The maximum atomic E-state index is 12.9. The Morgan fingerprint density at radius 1 is 1.27 bits per heavy atom. The van der Waals surface area contributed by atoms with Crippen LogP contribution < -0.4 is 5.73 Å². The molecule has 0 spiro atoms. The summed E-state index contributed by atoms with van der Waals surface area (Å²) < 4.78 is 5.73. The van der Waals surface area contributed by atoms with Gasteiger partial charge in [-0.1, -0.05) is 27.7 Å². The van der Waals surface area contributed by atoms with Crippen molar-refractivity contribution in [2.45, 2.75) is 52.7 Å². The molecule has 2 rings (SSSR count). The molecular formula is C17H33N3O2. The highest BCUT2D eigenvalue weighted by Crippen LogP contribution is 2.50. The average molecular weight is 311 g/mol. The van der Waals surface area contributed by atoms with E-state index in [1.807, 2.05) is 11.8 Å².